The summed E-state index contributed by atoms with van der Waals surface area (Å²) in [6.07, 6.45) is 4.18. The van der Waals surface area contributed by atoms with Gasteiger partial charge in [-0.1, -0.05) is 26.7 Å². The van der Waals surface area contributed by atoms with Crippen LogP contribution in [-0.4, -0.2) is 6.54 Å². The molecule has 1 N–H and O–H groups in total. The molecular weight excluding hydrogens is 294 g/mol. The summed E-state index contributed by atoms with van der Waals surface area (Å²) >= 11 is 5.48. The number of hydrogen-bond acceptors (Lipinski definition) is 2. The van der Waals surface area contributed by atoms with Gasteiger partial charge in [0.25, 0.3) is 0 Å². The predicted molar refractivity (Wildman–Crippen MR) is 79.7 cm³/mol. The number of halogens is 1. The fraction of sp³-hybridized carbons (Fsp3) is 0.714. The van der Waals surface area contributed by atoms with Gasteiger partial charge in [0.05, 0.1) is 3.79 Å². The zero-order valence-corrected chi connectivity index (χ0v) is 13.3. The molecular formula is C14H22BrNS. The van der Waals surface area contributed by atoms with Crippen molar-refractivity contribution < 1.29 is 0 Å². The SMILES string of the molecule is CCNC(c1cc(Br)sc1C)C1CCCC1C. The topological polar surface area (TPSA) is 12.0 Å². The zero-order valence-electron chi connectivity index (χ0n) is 10.9. The first-order valence-corrected chi connectivity index (χ1v) is 8.23. The molecule has 0 aromatic carbocycles. The monoisotopic (exact) mass is 315 g/mol. The second-order valence-electron chi connectivity index (χ2n) is 5.17. The Morgan fingerprint density at radius 1 is 1.53 bits per heavy atom. The smallest absolute Gasteiger partial charge is 0.0704 e. The van der Waals surface area contributed by atoms with Gasteiger partial charge in [0.2, 0.25) is 0 Å². The van der Waals surface area contributed by atoms with Crippen LogP contribution in [0.4, 0.5) is 0 Å². The van der Waals surface area contributed by atoms with E-state index < -0.39 is 0 Å². The molecule has 1 aromatic rings. The van der Waals surface area contributed by atoms with Crippen LogP contribution >= 0.6 is 27.3 Å². The van der Waals surface area contributed by atoms with Crippen LogP contribution in [0.2, 0.25) is 0 Å². The summed E-state index contributed by atoms with van der Waals surface area (Å²) in [7, 11) is 0. The molecule has 0 spiro atoms. The van der Waals surface area contributed by atoms with Crippen molar-refractivity contribution in [1.29, 1.82) is 0 Å². The van der Waals surface area contributed by atoms with Crippen molar-refractivity contribution in [3.05, 3.63) is 20.3 Å². The summed E-state index contributed by atoms with van der Waals surface area (Å²) in [5.74, 6) is 1.67. The highest BCUT2D eigenvalue weighted by molar-refractivity contribution is 9.11. The summed E-state index contributed by atoms with van der Waals surface area (Å²) in [5, 5.41) is 3.71. The number of rotatable bonds is 4. The lowest BCUT2D eigenvalue weighted by Gasteiger charge is -2.28. The Balaban J connectivity index is 2.25. The zero-order chi connectivity index (χ0) is 12.4. The van der Waals surface area contributed by atoms with E-state index in [1.807, 2.05) is 11.3 Å². The van der Waals surface area contributed by atoms with Crippen LogP contribution in [-0.2, 0) is 0 Å². The quantitative estimate of drug-likeness (QED) is 0.832. The minimum Gasteiger partial charge on any atom is -0.310 e. The van der Waals surface area contributed by atoms with Crippen molar-refractivity contribution in [2.45, 2.75) is 46.1 Å². The molecule has 1 aliphatic carbocycles. The van der Waals surface area contributed by atoms with E-state index in [9.17, 15) is 0 Å². The van der Waals surface area contributed by atoms with Crippen LogP contribution in [0.1, 0.15) is 49.6 Å². The van der Waals surface area contributed by atoms with Gasteiger partial charge >= 0.3 is 0 Å². The number of nitrogens with one attached hydrogen (secondary N) is 1. The molecule has 1 nitrogen and oxygen atoms in total. The molecule has 1 aromatic heterocycles. The first-order chi connectivity index (χ1) is 8.13. The van der Waals surface area contributed by atoms with Gasteiger partial charge in [-0.3, -0.25) is 0 Å². The van der Waals surface area contributed by atoms with Gasteiger partial charge in [0.15, 0.2) is 0 Å². The normalized spacial score (nSPS) is 26.4. The molecule has 0 saturated heterocycles. The van der Waals surface area contributed by atoms with E-state index in [0.717, 1.165) is 18.4 Å². The van der Waals surface area contributed by atoms with Crippen LogP contribution in [0.25, 0.3) is 0 Å². The molecule has 0 amide bonds. The van der Waals surface area contributed by atoms with Crippen molar-refractivity contribution in [2.24, 2.45) is 11.8 Å². The molecule has 3 atom stereocenters. The average molecular weight is 316 g/mol. The fourth-order valence-electron chi connectivity index (χ4n) is 3.15. The van der Waals surface area contributed by atoms with Crippen LogP contribution in [0, 0.1) is 18.8 Å². The molecule has 1 fully saturated rings. The van der Waals surface area contributed by atoms with Crippen LogP contribution in [0.15, 0.2) is 9.85 Å². The third-order valence-electron chi connectivity index (χ3n) is 4.04. The Hall–Kier alpha value is 0.140. The molecule has 1 saturated carbocycles. The largest absolute Gasteiger partial charge is 0.310 e. The molecule has 17 heavy (non-hydrogen) atoms. The Kier molecular flexibility index (Phi) is 4.67. The lowest BCUT2D eigenvalue weighted by Crippen LogP contribution is -2.29. The van der Waals surface area contributed by atoms with E-state index in [2.05, 4.69) is 48.1 Å². The van der Waals surface area contributed by atoms with Crippen molar-refractivity contribution in [2.75, 3.05) is 6.54 Å². The van der Waals surface area contributed by atoms with E-state index in [1.165, 1.54) is 33.5 Å². The van der Waals surface area contributed by atoms with E-state index in [0.29, 0.717) is 6.04 Å². The second kappa shape index (κ2) is 5.85. The molecule has 3 unspecified atom stereocenters. The Labute approximate surface area is 117 Å². The maximum absolute atomic E-state index is 3.71. The molecule has 0 bridgehead atoms. The minimum atomic E-state index is 0.556. The van der Waals surface area contributed by atoms with Gasteiger partial charge in [0.1, 0.15) is 0 Å². The van der Waals surface area contributed by atoms with Gasteiger partial charge < -0.3 is 5.32 Å². The summed E-state index contributed by atoms with van der Waals surface area (Å²) in [5.41, 5.74) is 1.52. The Morgan fingerprint density at radius 3 is 2.76 bits per heavy atom. The lowest BCUT2D eigenvalue weighted by molar-refractivity contribution is 0.305. The van der Waals surface area contributed by atoms with E-state index in [1.54, 1.807) is 0 Å². The first-order valence-electron chi connectivity index (χ1n) is 6.62. The van der Waals surface area contributed by atoms with Crippen molar-refractivity contribution >= 4 is 27.3 Å². The Morgan fingerprint density at radius 2 is 2.29 bits per heavy atom. The first kappa shape index (κ1) is 13.6. The highest BCUT2D eigenvalue weighted by Crippen LogP contribution is 2.43. The van der Waals surface area contributed by atoms with Crippen LogP contribution < -0.4 is 5.32 Å². The molecule has 0 aliphatic heterocycles. The molecule has 1 heterocycles. The standard InChI is InChI=1S/C14H22BrNS/c1-4-16-14(11-7-5-6-9(11)2)12-8-13(15)17-10(12)3/h8-9,11,14,16H,4-7H2,1-3H3. The average Bonchev–Trinajstić information content (AvgIpc) is 2.82. The highest BCUT2D eigenvalue weighted by Gasteiger charge is 2.32. The van der Waals surface area contributed by atoms with E-state index in [4.69, 9.17) is 0 Å². The van der Waals surface area contributed by atoms with E-state index in [-0.39, 0.29) is 0 Å². The fourth-order valence-corrected chi connectivity index (χ4v) is 4.91. The van der Waals surface area contributed by atoms with Gasteiger partial charge in [-0.2, -0.15) is 0 Å². The number of hydrogen-bond donors (Lipinski definition) is 1. The van der Waals surface area contributed by atoms with Crippen molar-refractivity contribution in [3.63, 3.8) is 0 Å². The minimum absolute atomic E-state index is 0.556. The highest BCUT2D eigenvalue weighted by atomic mass is 79.9. The Bertz CT molecular complexity index is 374. The lowest BCUT2D eigenvalue weighted by atomic mass is 9.86. The maximum atomic E-state index is 3.71. The summed E-state index contributed by atoms with van der Waals surface area (Å²) < 4.78 is 1.26. The van der Waals surface area contributed by atoms with Gasteiger partial charge in [0, 0.05) is 10.9 Å². The van der Waals surface area contributed by atoms with Crippen LogP contribution in [0.3, 0.4) is 0 Å². The molecule has 1 aliphatic rings. The second-order valence-corrected chi connectivity index (χ2v) is 7.80. The summed E-state index contributed by atoms with van der Waals surface area (Å²) in [4.78, 5) is 1.46. The van der Waals surface area contributed by atoms with Crippen molar-refractivity contribution in [1.82, 2.24) is 5.32 Å². The molecule has 96 valence electrons. The molecule has 2 rings (SSSR count). The van der Waals surface area contributed by atoms with Gasteiger partial charge in [-0.05, 0) is 59.3 Å². The third-order valence-corrected chi connectivity index (χ3v) is 5.61. The molecule has 3 heteroatoms. The van der Waals surface area contributed by atoms with Gasteiger partial charge in [-0.25, -0.2) is 0 Å². The maximum Gasteiger partial charge on any atom is 0.0704 e. The predicted octanol–water partition coefficient (Wildman–Crippen LogP) is 4.91. The number of aryl methyl sites for hydroxylation is 1. The van der Waals surface area contributed by atoms with E-state index >= 15 is 0 Å². The summed E-state index contributed by atoms with van der Waals surface area (Å²) in [6, 6.07) is 2.87. The van der Waals surface area contributed by atoms with Crippen LogP contribution in [0.5, 0.6) is 0 Å². The van der Waals surface area contributed by atoms with Crippen molar-refractivity contribution in [3.8, 4) is 0 Å². The number of thiophene rings is 1. The van der Waals surface area contributed by atoms with Gasteiger partial charge in [-0.15, -0.1) is 11.3 Å². The molecule has 0 radical (unpaired) electrons. The third kappa shape index (κ3) is 2.94. The summed E-state index contributed by atoms with van der Waals surface area (Å²) in [6.45, 7) is 7.93.